The van der Waals surface area contributed by atoms with Gasteiger partial charge in [0.1, 0.15) is 6.04 Å². The summed E-state index contributed by atoms with van der Waals surface area (Å²) in [4.78, 5) is 13.4. The molecule has 0 saturated carbocycles. The van der Waals surface area contributed by atoms with E-state index in [9.17, 15) is 4.79 Å². The molecule has 17 heavy (non-hydrogen) atoms. The molecule has 1 rings (SSSR count). The Hall–Kier alpha value is -0.910. The van der Waals surface area contributed by atoms with Crippen molar-refractivity contribution in [3.63, 3.8) is 0 Å². The molecule has 0 spiro atoms. The first-order chi connectivity index (χ1) is 8.00. The summed E-state index contributed by atoms with van der Waals surface area (Å²) in [5.74, 6) is -0.355. The maximum atomic E-state index is 11.4. The second-order valence-corrected chi connectivity index (χ2v) is 5.06. The molecule has 0 bridgehead atoms. The van der Waals surface area contributed by atoms with E-state index in [0.29, 0.717) is 0 Å². The Labute approximate surface area is 110 Å². The van der Waals surface area contributed by atoms with Crippen molar-refractivity contribution in [2.75, 3.05) is 27.2 Å². The van der Waals surface area contributed by atoms with Gasteiger partial charge in [-0.1, -0.05) is 28.1 Å². The minimum atomic E-state index is -0.428. The highest BCUT2D eigenvalue weighted by Crippen LogP contribution is 2.16. The van der Waals surface area contributed by atoms with Crippen LogP contribution < -0.4 is 11.1 Å². The number of primary amides is 1. The Morgan fingerprint density at radius 3 is 2.47 bits per heavy atom. The van der Waals surface area contributed by atoms with Gasteiger partial charge in [0, 0.05) is 17.6 Å². The van der Waals surface area contributed by atoms with Gasteiger partial charge < -0.3 is 16.0 Å². The van der Waals surface area contributed by atoms with Crippen LogP contribution >= 0.6 is 15.9 Å². The first-order valence-electron chi connectivity index (χ1n) is 5.43. The van der Waals surface area contributed by atoms with Gasteiger partial charge in [-0.15, -0.1) is 0 Å². The molecule has 0 aliphatic heterocycles. The molecule has 1 aromatic rings. The molecular weight excluding hydrogens is 282 g/mol. The lowest BCUT2D eigenvalue weighted by Gasteiger charge is -2.17. The van der Waals surface area contributed by atoms with Crippen LogP contribution in [0, 0.1) is 0 Å². The van der Waals surface area contributed by atoms with Crippen LogP contribution in [-0.2, 0) is 4.79 Å². The molecule has 0 aliphatic rings. The van der Waals surface area contributed by atoms with E-state index < -0.39 is 6.04 Å². The molecule has 4 nitrogen and oxygen atoms in total. The molecule has 1 aromatic carbocycles. The first-order valence-corrected chi connectivity index (χ1v) is 6.23. The summed E-state index contributed by atoms with van der Waals surface area (Å²) >= 11 is 3.36. The molecule has 0 heterocycles. The topological polar surface area (TPSA) is 58.4 Å². The van der Waals surface area contributed by atoms with E-state index in [1.165, 1.54) is 0 Å². The van der Waals surface area contributed by atoms with Crippen molar-refractivity contribution < 1.29 is 4.79 Å². The summed E-state index contributed by atoms with van der Waals surface area (Å²) in [7, 11) is 3.97. The number of likely N-dealkylation sites (N-methyl/N-ethyl adjacent to an activating group) is 1. The third-order valence-electron chi connectivity index (χ3n) is 2.40. The van der Waals surface area contributed by atoms with Crippen molar-refractivity contribution in [3.05, 3.63) is 34.3 Å². The maximum Gasteiger partial charge on any atom is 0.239 e. The molecule has 0 fully saturated rings. The summed E-state index contributed by atoms with van der Waals surface area (Å²) in [5, 5.41) is 3.15. The molecule has 1 atom stereocenters. The molecule has 0 aliphatic carbocycles. The van der Waals surface area contributed by atoms with E-state index in [2.05, 4.69) is 21.2 Å². The summed E-state index contributed by atoms with van der Waals surface area (Å²) in [6.45, 7) is 1.58. The summed E-state index contributed by atoms with van der Waals surface area (Å²) in [6.07, 6.45) is 0. The van der Waals surface area contributed by atoms with Gasteiger partial charge in [-0.3, -0.25) is 4.79 Å². The van der Waals surface area contributed by atoms with Crippen LogP contribution in [0.3, 0.4) is 0 Å². The number of halogens is 1. The molecule has 3 N–H and O–H groups in total. The second-order valence-electron chi connectivity index (χ2n) is 4.14. The fourth-order valence-corrected chi connectivity index (χ4v) is 1.73. The zero-order chi connectivity index (χ0) is 12.8. The third kappa shape index (κ3) is 4.85. The summed E-state index contributed by atoms with van der Waals surface area (Å²) in [6, 6.07) is 7.16. The summed E-state index contributed by atoms with van der Waals surface area (Å²) < 4.78 is 0.984. The lowest BCUT2D eigenvalue weighted by atomic mass is 10.1. The maximum absolute atomic E-state index is 11.4. The zero-order valence-electron chi connectivity index (χ0n) is 10.1. The Balaban J connectivity index is 2.66. The quantitative estimate of drug-likeness (QED) is 0.828. The van der Waals surface area contributed by atoms with Crippen molar-refractivity contribution in [3.8, 4) is 0 Å². The molecule has 1 unspecified atom stereocenters. The van der Waals surface area contributed by atoms with Crippen molar-refractivity contribution in [1.29, 1.82) is 0 Å². The minimum absolute atomic E-state index is 0.355. The highest BCUT2D eigenvalue weighted by atomic mass is 79.9. The number of nitrogens with two attached hydrogens (primary N) is 1. The van der Waals surface area contributed by atoms with Gasteiger partial charge in [-0.05, 0) is 31.8 Å². The van der Waals surface area contributed by atoms with Gasteiger partial charge in [0.25, 0.3) is 0 Å². The van der Waals surface area contributed by atoms with Gasteiger partial charge in [-0.25, -0.2) is 0 Å². The van der Waals surface area contributed by atoms with Crippen LogP contribution in [0.1, 0.15) is 11.6 Å². The molecule has 5 heteroatoms. The van der Waals surface area contributed by atoms with Gasteiger partial charge in [0.15, 0.2) is 0 Å². The Morgan fingerprint density at radius 2 is 2.00 bits per heavy atom. The standard InChI is InChI=1S/C12H18BrN3O/c1-16(2)8-7-15-11(12(14)17)9-3-5-10(13)6-4-9/h3-6,11,15H,7-8H2,1-2H3,(H2,14,17). The average Bonchev–Trinajstić information content (AvgIpc) is 2.25. The fourth-order valence-electron chi connectivity index (χ4n) is 1.47. The van der Waals surface area contributed by atoms with E-state index in [-0.39, 0.29) is 5.91 Å². The average molecular weight is 300 g/mol. The van der Waals surface area contributed by atoms with Crippen LogP contribution in [0.25, 0.3) is 0 Å². The largest absolute Gasteiger partial charge is 0.368 e. The molecule has 94 valence electrons. The monoisotopic (exact) mass is 299 g/mol. The van der Waals surface area contributed by atoms with E-state index in [1.807, 2.05) is 43.3 Å². The third-order valence-corrected chi connectivity index (χ3v) is 2.92. The number of amides is 1. The highest BCUT2D eigenvalue weighted by Gasteiger charge is 2.16. The Morgan fingerprint density at radius 1 is 1.41 bits per heavy atom. The highest BCUT2D eigenvalue weighted by molar-refractivity contribution is 9.10. The zero-order valence-corrected chi connectivity index (χ0v) is 11.7. The SMILES string of the molecule is CN(C)CCNC(C(N)=O)c1ccc(Br)cc1. The van der Waals surface area contributed by atoms with E-state index in [4.69, 9.17) is 5.73 Å². The smallest absolute Gasteiger partial charge is 0.239 e. The van der Waals surface area contributed by atoms with E-state index in [1.54, 1.807) is 0 Å². The number of hydrogen-bond donors (Lipinski definition) is 2. The van der Waals surface area contributed by atoms with Gasteiger partial charge in [-0.2, -0.15) is 0 Å². The van der Waals surface area contributed by atoms with Crippen LogP contribution in [0.4, 0.5) is 0 Å². The summed E-state index contributed by atoms with van der Waals surface area (Å²) in [5.41, 5.74) is 6.29. The number of carbonyl (C=O) groups is 1. The predicted octanol–water partition coefficient (Wildman–Crippen LogP) is 1.13. The number of hydrogen-bond acceptors (Lipinski definition) is 3. The number of nitrogens with zero attached hydrogens (tertiary/aromatic N) is 1. The van der Waals surface area contributed by atoms with Crippen LogP contribution in [0.5, 0.6) is 0 Å². The number of benzene rings is 1. The Kier molecular flexibility index (Phi) is 5.61. The Bertz CT molecular complexity index is 365. The number of carbonyl (C=O) groups excluding carboxylic acids is 1. The lowest BCUT2D eigenvalue weighted by Crippen LogP contribution is -2.37. The molecule has 0 radical (unpaired) electrons. The van der Waals surface area contributed by atoms with Crippen molar-refractivity contribution in [2.45, 2.75) is 6.04 Å². The normalized spacial score (nSPS) is 12.7. The van der Waals surface area contributed by atoms with Crippen molar-refractivity contribution >= 4 is 21.8 Å². The number of rotatable bonds is 6. The van der Waals surface area contributed by atoms with Gasteiger partial charge >= 0.3 is 0 Å². The van der Waals surface area contributed by atoms with Crippen LogP contribution in [0.2, 0.25) is 0 Å². The lowest BCUT2D eigenvalue weighted by molar-refractivity contribution is -0.120. The fraction of sp³-hybridized carbons (Fsp3) is 0.417. The molecule has 1 amide bonds. The minimum Gasteiger partial charge on any atom is -0.368 e. The van der Waals surface area contributed by atoms with Gasteiger partial charge in [0.05, 0.1) is 0 Å². The first kappa shape index (κ1) is 14.2. The molecule has 0 saturated heterocycles. The van der Waals surface area contributed by atoms with Gasteiger partial charge in [0.2, 0.25) is 5.91 Å². The van der Waals surface area contributed by atoms with Crippen LogP contribution in [-0.4, -0.2) is 38.0 Å². The van der Waals surface area contributed by atoms with Crippen LogP contribution in [0.15, 0.2) is 28.7 Å². The van der Waals surface area contributed by atoms with E-state index in [0.717, 1.165) is 23.1 Å². The van der Waals surface area contributed by atoms with Crippen molar-refractivity contribution in [2.24, 2.45) is 5.73 Å². The predicted molar refractivity (Wildman–Crippen MR) is 72.6 cm³/mol. The van der Waals surface area contributed by atoms with Crippen molar-refractivity contribution in [1.82, 2.24) is 10.2 Å². The molecular formula is C12H18BrN3O. The second kappa shape index (κ2) is 6.74. The van der Waals surface area contributed by atoms with E-state index >= 15 is 0 Å². The molecule has 0 aromatic heterocycles. The number of nitrogens with one attached hydrogen (secondary N) is 1.